The van der Waals surface area contributed by atoms with E-state index < -0.39 is 0 Å². The summed E-state index contributed by atoms with van der Waals surface area (Å²) < 4.78 is 0. The Bertz CT molecular complexity index is 520. The fraction of sp³-hybridized carbons (Fsp3) is 0.286. The molecule has 0 saturated carbocycles. The molecule has 0 atom stereocenters. The Morgan fingerprint density at radius 1 is 1.33 bits per heavy atom. The van der Waals surface area contributed by atoms with Crippen LogP contribution in [0.1, 0.15) is 18.9 Å². The van der Waals surface area contributed by atoms with Crippen molar-refractivity contribution in [1.82, 2.24) is 10.3 Å². The molecule has 0 saturated heterocycles. The average Bonchev–Trinajstić information content (AvgIpc) is 2.85. The minimum Gasteiger partial charge on any atom is -0.349 e. The number of rotatable bonds is 4. The van der Waals surface area contributed by atoms with Gasteiger partial charge < -0.3 is 5.32 Å². The van der Waals surface area contributed by atoms with E-state index in [9.17, 15) is 4.79 Å². The van der Waals surface area contributed by atoms with Gasteiger partial charge in [0.2, 0.25) is 5.91 Å². The Kier molecular flexibility index (Phi) is 4.10. The maximum absolute atomic E-state index is 11.5. The second-order valence-electron chi connectivity index (χ2n) is 4.37. The van der Waals surface area contributed by atoms with Crippen molar-refractivity contribution in [3.05, 3.63) is 40.7 Å². The van der Waals surface area contributed by atoms with Crippen molar-refractivity contribution >= 4 is 17.2 Å². The van der Waals surface area contributed by atoms with E-state index in [0.29, 0.717) is 6.54 Å². The molecule has 2 aromatic rings. The zero-order valence-electron chi connectivity index (χ0n) is 10.5. The second kappa shape index (κ2) is 5.78. The first-order chi connectivity index (χ1) is 8.66. The van der Waals surface area contributed by atoms with Crippen LogP contribution < -0.4 is 5.32 Å². The largest absolute Gasteiger partial charge is 0.349 e. The first-order valence-corrected chi connectivity index (χ1v) is 6.82. The number of amides is 1. The topological polar surface area (TPSA) is 42.0 Å². The monoisotopic (exact) mass is 260 g/mol. The molecule has 0 fully saturated rings. The lowest BCUT2D eigenvalue weighted by molar-refractivity contribution is -0.124. The van der Waals surface area contributed by atoms with Gasteiger partial charge in [0, 0.05) is 16.9 Å². The molecule has 1 N–H and O–H groups in total. The van der Waals surface area contributed by atoms with E-state index in [1.165, 1.54) is 0 Å². The standard InChI is InChI=1S/C14H16N2OS/c1-10(2)14(17)15-8-13-16-12(9-18-13)11-6-4-3-5-7-11/h3-7,9-10H,8H2,1-2H3,(H,15,17). The minimum absolute atomic E-state index is 0.0126. The second-order valence-corrected chi connectivity index (χ2v) is 5.31. The van der Waals surface area contributed by atoms with Gasteiger partial charge in [-0.15, -0.1) is 11.3 Å². The molecule has 3 nitrogen and oxygen atoms in total. The van der Waals surface area contributed by atoms with Gasteiger partial charge >= 0.3 is 0 Å². The van der Waals surface area contributed by atoms with Crippen LogP contribution in [-0.2, 0) is 11.3 Å². The predicted octanol–water partition coefficient (Wildman–Crippen LogP) is 3.08. The summed E-state index contributed by atoms with van der Waals surface area (Å²) in [5.74, 6) is 0.0741. The van der Waals surface area contributed by atoms with E-state index in [-0.39, 0.29) is 11.8 Å². The number of nitrogens with zero attached hydrogens (tertiary/aromatic N) is 1. The van der Waals surface area contributed by atoms with Crippen molar-refractivity contribution in [2.75, 3.05) is 0 Å². The third-order valence-corrected chi connectivity index (χ3v) is 3.41. The fourth-order valence-electron chi connectivity index (χ4n) is 1.50. The van der Waals surface area contributed by atoms with Crippen LogP contribution in [0.15, 0.2) is 35.7 Å². The normalized spacial score (nSPS) is 10.6. The molecular weight excluding hydrogens is 244 g/mol. The third kappa shape index (κ3) is 3.17. The molecule has 0 aliphatic carbocycles. The molecule has 0 bridgehead atoms. The quantitative estimate of drug-likeness (QED) is 0.918. The summed E-state index contributed by atoms with van der Waals surface area (Å²) in [4.78, 5) is 16.0. The van der Waals surface area contributed by atoms with Crippen LogP contribution in [0, 0.1) is 5.92 Å². The molecule has 1 aromatic carbocycles. The van der Waals surface area contributed by atoms with Gasteiger partial charge in [-0.25, -0.2) is 4.98 Å². The number of benzene rings is 1. The smallest absolute Gasteiger partial charge is 0.222 e. The molecule has 1 aromatic heterocycles. The van der Waals surface area contributed by atoms with E-state index >= 15 is 0 Å². The summed E-state index contributed by atoms with van der Waals surface area (Å²) in [5, 5.41) is 5.83. The lowest BCUT2D eigenvalue weighted by atomic mass is 10.2. The highest BCUT2D eigenvalue weighted by atomic mass is 32.1. The van der Waals surface area contributed by atoms with E-state index in [1.54, 1.807) is 11.3 Å². The van der Waals surface area contributed by atoms with Gasteiger partial charge in [0.05, 0.1) is 12.2 Å². The Balaban J connectivity index is 2.01. The van der Waals surface area contributed by atoms with Gasteiger partial charge in [0.25, 0.3) is 0 Å². The van der Waals surface area contributed by atoms with Crippen LogP contribution in [0.5, 0.6) is 0 Å². The number of carbonyl (C=O) groups is 1. The zero-order chi connectivity index (χ0) is 13.0. The molecule has 2 rings (SSSR count). The first-order valence-electron chi connectivity index (χ1n) is 5.94. The van der Waals surface area contributed by atoms with Crippen molar-refractivity contribution in [1.29, 1.82) is 0 Å². The molecule has 1 amide bonds. The van der Waals surface area contributed by atoms with E-state index in [2.05, 4.69) is 10.3 Å². The van der Waals surface area contributed by atoms with Crippen LogP contribution >= 0.6 is 11.3 Å². The van der Waals surface area contributed by atoms with E-state index in [0.717, 1.165) is 16.3 Å². The Morgan fingerprint density at radius 3 is 2.72 bits per heavy atom. The summed E-state index contributed by atoms with van der Waals surface area (Å²) in [5.41, 5.74) is 2.07. The van der Waals surface area contributed by atoms with Gasteiger partial charge in [-0.2, -0.15) is 0 Å². The molecular formula is C14H16N2OS. The van der Waals surface area contributed by atoms with Crippen molar-refractivity contribution < 1.29 is 4.79 Å². The highest BCUT2D eigenvalue weighted by Gasteiger charge is 2.08. The molecule has 0 spiro atoms. The van der Waals surface area contributed by atoms with Gasteiger partial charge in [-0.1, -0.05) is 44.2 Å². The van der Waals surface area contributed by atoms with Gasteiger partial charge in [-0.05, 0) is 0 Å². The van der Waals surface area contributed by atoms with Crippen molar-refractivity contribution in [3.8, 4) is 11.3 Å². The number of hydrogen-bond acceptors (Lipinski definition) is 3. The first kappa shape index (κ1) is 12.8. The van der Waals surface area contributed by atoms with Crippen LogP contribution in [0.2, 0.25) is 0 Å². The van der Waals surface area contributed by atoms with Crippen molar-refractivity contribution in [2.45, 2.75) is 20.4 Å². The van der Waals surface area contributed by atoms with Gasteiger partial charge in [0.1, 0.15) is 5.01 Å². The summed E-state index contributed by atoms with van der Waals surface area (Å²) in [6, 6.07) is 10.0. The molecule has 4 heteroatoms. The van der Waals surface area contributed by atoms with Crippen LogP contribution in [0.3, 0.4) is 0 Å². The number of nitrogens with one attached hydrogen (secondary N) is 1. The highest BCUT2D eigenvalue weighted by molar-refractivity contribution is 7.09. The summed E-state index contributed by atoms with van der Waals surface area (Å²) in [6.45, 7) is 4.27. The van der Waals surface area contributed by atoms with Crippen LogP contribution in [0.4, 0.5) is 0 Å². The van der Waals surface area contributed by atoms with Crippen LogP contribution in [0.25, 0.3) is 11.3 Å². The van der Waals surface area contributed by atoms with Gasteiger partial charge in [0.15, 0.2) is 0 Å². The molecule has 18 heavy (non-hydrogen) atoms. The predicted molar refractivity (Wildman–Crippen MR) is 74.2 cm³/mol. The molecule has 0 aliphatic heterocycles. The molecule has 0 radical (unpaired) electrons. The Labute approximate surface area is 111 Å². The number of thiazole rings is 1. The maximum atomic E-state index is 11.5. The Morgan fingerprint density at radius 2 is 2.06 bits per heavy atom. The summed E-state index contributed by atoms with van der Waals surface area (Å²) in [7, 11) is 0. The van der Waals surface area contributed by atoms with Crippen molar-refractivity contribution in [2.24, 2.45) is 5.92 Å². The van der Waals surface area contributed by atoms with Gasteiger partial charge in [-0.3, -0.25) is 4.79 Å². The van der Waals surface area contributed by atoms with Crippen molar-refractivity contribution in [3.63, 3.8) is 0 Å². The molecule has 1 heterocycles. The van der Waals surface area contributed by atoms with Crippen LogP contribution in [-0.4, -0.2) is 10.9 Å². The number of hydrogen-bond donors (Lipinski definition) is 1. The van der Waals surface area contributed by atoms with E-state index in [4.69, 9.17) is 0 Å². The fourth-order valence-corrected chi connectivity index (χ4v) is 2.24. The highest BCUT2D eigenvalue weighted by Crippen LogP contribution is 2.21. The summed E-state index contributed by atoms with van der Waals surface area (Å²) in [6.07, 6.45) is 0. The van der Waals surface area contributed by atoms with E-state index in [1.807, 2.05) is 49.6 Å². The lowest BCUT2D eigenvalue weighted by Gasteiger charge is -2.04. The Hall–Kier alpha value is -1.68. The summed E-state index contributed by atoms with van der Waals surface area (Å²) >= 11 is 1.57. The lowest BCUT2D eigenvalue weighted by Crippen LogP contribution is -2.26. The number of carbonyl (C=O) groups excluding carboxylic acids is 1. The maximum Gasteiger partial charge on any atom is 0.222 e. The number of aromatic nitrogens is 1. The SMILES string of the molecule is CC(C)C(=O)NCc1nc(-c2ccccc2)cs1. The zero-order valence-corrected chi connectivity index (χ0v) is 11.3. The average molecular weight is 260 g/mol. The molecule has 0 aliphatic rings. The molecule has 0 unspecified atom stereocenters. The third-order valence-electron chi connectivity index (χ3n) is 2.56. The molecule has 94 valence electrons. The minimum atomic E-state index is 0.0126.